The van der Waals surface area contributed by atoms with E-state index in [0.29, 0.717) is 11.8 Å². The van der Waals surface area contributed by atoms with Crippen molar-refractivity contribution in [3.63, 3.8) is 0 Å². The van der Waals surface area contributed by atoms with Crippen molar-refractivity contribution in [1.82, 2.24) is 0 Å². The van der Waals surface area contributed by atoms with Gasteiger partial charge in [-0.05, 0) is 60.6 Å². The summed E-state index contributed by atoms with van der Waals surface area (Å²) in [6.07, 6.45) is 4.67. The number of phenolic OH excluding ortho intramolecular Hbond substituents is 1. The van der Waals surface area contributed by atoms with Crippen LogP contribution in [0.15, 0.2) is 42.5 Å². The van der Waals surface area contributed by atoms with Crippen LogP contribution < -0.4 is 4.90 Å². The Bertz CT molecular complexity index is 650. The molecule has 2 aromatic rings. The Balaban J connectivity index is 1.75. The maximum Gasteiger partial charge on any atom is 0.115 e. The zero-order valence-corrected chi connectivity index (χ0v) is 11.5. The Kier molecular flexibility index (Phi) is 2.69. The number of phenols is 1. The summed E-state index contributed by atoms with van der Waals surface area (Å²) in [6.45, 7) is 1.14. The van der Waals surface area contributed by atoms with Gasteiger partial charge in [0.1, 0.15) is 5.75 Å². The van der Waals surface area contributed by atoms with Crippen molar-refractivity contribution < 1.29 is 5.11 Å². The van der Waals surface area contributed by atoms with Gasteiger partial charge in [-0.2, -0.15) is 0 Å². The van der Waals surface area contributed by atoms with Crippen LogP contribution in [0.2, 0.25) is 0 Å². The Morgan fingerprint density at radius 3 is 2.85 bits per heavy atom. The van der Waals surface area contributed by atoms with Crippen LogP contribution in [0.1, 0.15) is 35.6 Å². The van der Waals surface area contributed by atoms with Crippen molar-refractivity contribution in [2.75, 3.05) is 11.4 Å². The van der Waals surface area contributed by atoms with Crippen molar-refractivity contribution in [2.24, 2.45) is 0 Å². The van der Waals surface area contributed by atoms with E-state index in [0.717, 1.165) is 19.4 Å². The zero-order valence-electron chi connectivity index (χ0n) is 11.5. The van der Waals surface area contributed by atoms with Gasteiger partial charge in [-0.15, -0.1) is 0 Å². The molecule has 1 aliphatic heterocycles. The second-order valence-corrected chi connectivity index (χ2v) is 5.86. The van der Waals surface area contributed by atoms with Gasteiger partial charge in [0, 0.05) is 12.2 Å². The van der Waals surface area contributed by atoms with Gasteiger partial charge in [0.15, 0.2) is 0 Å². The SMILES string of the molecule is Oc1ccc2c(c1)CCC2N1CCCc2ccccc21. The number of hydrogen-bond donors (Lipinski definition) is 1. The minimum Gasteiger partial charge on any atom is -0.508 e. The van der Waals surface area contributed by atoms with Crippen molar-refractivity contribution in [3.05, 3.63) is 59.2 Å². The molecule has 2 nitrogen and oxygen atoms in total. The minimum absolute atomic E-state index is 0.392. The summed E-state index contributed by atoms with van der Waals surface area (Å²) in [5.41, 5.74) is 5.60. The van der Waals surface area contributed by atoms with E-state index in [-0.39, 0.29) is 0 Å². The average molecular weight is 265 g/mol. The first-order chi connectivity index (χ1) is 9.83. The Morgan fingerprint density at radius 1 is 1.00 bits per heavy atom. The second kappa shape index (κ2) is 4.55. The first-order valence-electron chi connectivity index (χ1n) is 7.49. The van der Waals surface area contributed by atoms with Crippen LogP contribution in [0.25, 0.3) is 0 Å². The first-order valence-corrected chi connectivity index (χ1v) is 7.49. The van der Waals surface area contributed by atoms with E-state index in [2.05, 4.69) is 35.2 Å². The maximum absolute atomic E-state index is 9.64. The molecule has 0 radical (unpaired) electrons. The number of benzene rings is 2. The summed E-state index contributed by atoms with van der Waals surface area (Å²) in [6, 6.07) is 15.2. The summed E-state index contributed by atoms with van der Waals surface area (Å²) >= 11 is 0. The van der Waals surface area contributed by atoms with Gasteiger partial charge in [-0.3, -0.25) is 0 Å². The highest BCUT2D eigenvalue weighted by Crippen LogP contribution is 2.42. The third-order valence-electron chi connectivity index (χ3n) is 4.70. The predicted molar refractivity (Wildman–Crippen MR) is 81.3 cm³/mol. The average Bonchev–Trinajstić information content (AvgIpc) is 2.89. The van der Waals surface area contributed by atoms with E-state index in [4.69, 9.17) is 0 Å². The molecule has 1 atom stereocenters. The van der Waals surface area contributed by atoms with E-state index in [9.17, 15) is 5.11 Å². The third kappa shape index (κ3) is 1.79. The van der Waals surface area contributed by atoms with Gasteiger partial charge in [-0.1, -0.05) is 24.3 Å². The van der Waals surface area contributed by atoms with E-state index < -0.39 is 0 Å². The van der Waals surface area contributed by atoms with E-state index in [1.807, 2.05) is 12.1 Å². The Morgan fingerprint density at radius 2 is 1.90 bits per heavy atom. The van der Waals surface area contributed by atoms with Gasteiger partial charge in [0.05, 0.1) is 6.04 Å². The molecule has 0 fully saturated rings. The molecule has 1 heterocycles. The van der Waals surface area contributed by atoms with Gasteiger partial charge in [-0.25, -0.2) is 0 Å². The minimum atomic E-state index is 0.392. The predicted octanol–water partition coefficient (Wildman–Crippen LogP) is 3.83. The van der Waals surface area contributed by atoms with E-state index >= 15 is 0 Å². The first kappa shape index (κ1) is 11.8. The van der Waals surface area contributed by atoms with Crippen molar-refractivity contribution in [3.8, 4) is 5.75 Å². The van der Waals surface area contributed by atoms with Gasteiger partial charge in [0.25, 0.3) is 0 Å². The number of hydrogen-bond acceptors (Lipinski definition) is 2. The summed E-state index contributed by atoms with van der Waals surface area (Å²) < 4.78 is 0. The number of rotatable bonds is 1. The molecule has 0 amide bonds. The number of fused-ring (bicyclic) bond motifs is 2. The number of para-hydroxylation sites is 1. The van der Waals surface area contributed by atoms with Crippen LogP contribution in [0.3, 0.4) is 0 Å². The molecule has 0 saturated heterocycles. The third-order valence-corrected chi connectivity index (χ3v) is 4.70. The standard InChI is InChI=1S/C18H19NO/c20-15-8-9-16-14(12-15)7-10-18(16)19-11-3-5-13-4-1-2-6-17(13)19/h1-2,4,6,8-9,12,18,20H,3,5,7,10-11H2. The molecule has 1 N–H and O–H groups in total. The lowest BCUT2D eigenvalue weighted by atomic mass is 9.98. The zero-order chi connectivity index (χ0) is 13.5. The van der Waals surface area contributed by atoms with Crippen LogP contribution in [0, 0.1) is 0 Å². The van der Waals surface area contributed by atoms with Crippen molar-refractivity contribution in [2.45, 2.75) is 31.7 Å². The molecular weight excluding hydrogens is 246 g/mol. The molecule has 0 bridgehead atoms. The molecule has 0 aromatic heterocycles. The summed E-state index contributed by atoms with van der Waals surface area (Å²) in [5, 5.41) is 9.64. The van der Waals surface area contributed by atoms with Gasteiger partial charge < -0.3 is 10.0 Å². The molecule has 0 spiro atoms. The fourth-order valence-electron chi connectivity index (χ4n) is 3.79. The number of nitrogens with zero attached hydrogens (tertiary/aromatic N) is 1. The maximum atomic E-state index is 9.64. The molecule has 1 unspecified atom stereocenters. The monoisotopic (exact) mass is 265 g/mol. The number of aromatic hydroxyl groups is 1. The topological polar surface area (TPSA) is 23.5 Å². The molecule has 1 aliphatic carbocycles. The van der Waals surface area contributed by atoms with E-state index in [1.165, 1.54) is 35.2 Å². The fourth-order valence-corrected chi connectivity index (χ4v) is 3.79. The highest BCUT2D eigenvalue weighted by Gasteiger charge is 2.30. The number of anilines is 1. The molecule has 2 aromatic carbocycles. The smallest absolute Gasteiger partial charge is 0.115 e. The second-order valence-electron chi connectivity index (χ2n) is 5.86. The molecule has 4 rings (SSSR count). The quantitative estimate of drug-likeness (QED) is 0.847. The summed E-state index contributed by atoms with van der Waals surface area (Å²) in [4.78, 5) is 2.57. The lowest BCUT2D eigenvalue weighted by Gasteiger charge is -2.36. The van der Waals surface area contributed by atoms with Crippen LogP contribution >= 0.6 is 0 Å². The lowest BCUT2D eigenvalue weighted by molar-refractivity contribution is 0.474. The van der Waals surface area contributed by atoms with E-state index in [1.54, 1.807) is 0 Å². The van der Waals surface area contributed by atoms with Gasteiger partial charge in [0.2, 0.25) is 0 Å². The Labute approximate surface area is 119 Å². The van der Waals surface area contributed by atoms with Crippen LogP contribution in [0.4, 0.5) is 5.69 Å². The van der Waals surface area contributed by atoms with Crippen molar-refractivity contribution in [1.29, 1.82) is 0 Å². The summed E-state index contributed by atoms with van der Waals surface area (Å²) in [7, 11) is 0. The van der Waals surface area contributed by atoms with Crippen LogP contribution in [-0.2, 0) is 12.8 Å². The normalized spacial score (nSPS) is 20.6. The largest absolute Gasteiger partial charge is 0.508 e. The van der Waals surface area contributed by atoms with Crippen molar-refractivity contribution >= 4 is 5.69 Å². The fraction of sp³-hybridized carbons (Fsp3) is 0.333. The van der Waals surface area contributed by atoms with Crippen LogP contribution in [0.5, 0.6) is 5.75 Å². The molecule has 102 valence electrons. The molecule has 2 aliphatic rings. The molecule has 2 heteroatoms. The lowest BCUT2D eigenvalue weighted by Crippen LogP contribution is -2.32. The molecular formula is C18H19NO. The molecule has 0 saturated carbocycles. The van der Waals surface area contributed by atoms with Crippen LogP contribution in [-0.4, -0.2) is 11.7 Å². The summed E-state index contributed by atoms with van der Waals surface area (Å²) in [5.74, 6) is 0.392. The number of aryl methyl sites for hydroxylation is 2. The Hall–Kier alpha value is -1.96. The molecule has 20 heavy (non-hydrogen) atoms. The highest BCUT2D eigenvalue weighted by molar-refractivity contribution is 5.58. The highest BCUT2D eigenvalue weighted by atomic mass is 16.3. The van der Waals surface area contributed by atoms with Gasteiger partial charge >= 0.3 is 0 Å².